The van der Waals surface area contributed by atoms with E-state index in [2.05, 4.69) is 23.5 Å². The maximum Gasteiger partial charge on any atom is 0.279 e. The molecule has 1 fully saturated rings. The standard InChI is InChI=1S/C13H29N3O3S/c1-11(2)14-20(17,18)15-9-12(3)16(13(4)10-15)7-6-8-19-5/h11-14H,6-10H2,1-5H3. The second kappa shape index (κ2) is 7.70. The van der Waals surface area contributed by atoms with Crippen LogP contribution in [0.3, 0.4) is 0 Å². The molecule has 2 unspecified atom stereocenters. The lowest BCUT2D eigenvalue weighted by molar-refractivity contribution is 0.0660. The first-order chi connectivity index (χ1) is 9.27. The summed E-state index contributed by atoms with van der Waals surface area (Å²) >= 11 is 0. The van der Waals surface area contributed by atoms with Gasteiger partial charge in [0.2, 0.25) is 0 Å². The van der Waals surface area contributed by atoms with Crippen LogP contribution in [0, 0.1) is 0 Å². The van der Waals surface area contributed by atoms with Crippen molar-refractivity contribution in [3.8, 4) is 0 Å². The molecule has 0 radical (unpaired) electrons. The summed E-state index contributed by atoms with van der Waals surface area (Å²) in [5, 5.41) is 0. The average Bonchev–Trinajstić information content (AvgIpc) is 2.30. The predicted octanol–water partition coefficient (Wildman–Crippen LogP) is 0.660. The molecule has 1 N–H and O–H groups in total. The topological polar surface area (TPSA) is 61.9 Å². The molecule has 0 aliphatic carbocycles. The highest BCUT2D eigenvalue weighted by atomic mass is 32.2. The van der Waals surface area contributed by atoms with Gasteiger partial charge in [-0.1, -0.05) is 0 Å². The maximum absolute atomic E-state index is 12.2. The summed E-state index contributed by atoms with van der Waals surface area (Å²) in [5.74, 6) is 0. The zero-order chi connectivity index (χ0) is 15.3. The highest BCUT2D eigenvalue weighted by molar-refractivity contribution is 7.87. The van der Waals surface area contributed by atoms with Gasteiger partial charge in [0.05, 0.1) is 0 Å². The minimum absolute atomic E-state index is 0.0784. The van der Waals surface area contributed by atoms with Gasteiger partial charge in [0.15, 0.2) is 0 Å². The molecule has 1 rings (SSSR count). The van der Waals surface area contributed by atoms with Crippen molar-refractivity contribution in [1.82, 2.24) is 13.9 Å². The third kappa shape index (κ3) is 4.96. The van der Waals surface area contributed by atoms with E-state index in [1.807, 2.05) is 13.8 Å². The summed E-state index contributed by atoms with van der Waals surface area (Å²) in [6.07, 6.45) is 0.974. The monoisotopic (exact) mass is 307 g/mol. The van der Waals surface area contributed by atoms with E-state index in [0.717, 1.165) is 19.6 Å². The molecule has 6 nitrogen and oxygen atoms in total. The third-order valence-corrected chi connectivity index (χ3v) is 5.30. The van der Waals surface area contributed by atoms with Crippen molar-refractivity contribution < 1.29 is 13.2 Å². The quantitative estimate of drug-likeness (QED) is 0.702. The molecule has 1 aliphatic heterocycles. The van der Waals surface area contributed by atoms with Gasteiger partial charge in [-0.15, -0.1) is 0 Å². The highest BCUT2D eigenvalue weighted by Gasteiger charge is 2.35. The summed E-state index contributed by atoms with van der Waals surface area (Å²) in [6.45, 7) is 10.6. The number of nitrogens with one attached hydrogen (secondary N) is 1. The lowest BCUT2D eigenvalue weighted by atomic mass is 10.1. The minimum atomic E-state index is -3.37. The summed E-state index contributed by atoms with van der Waals surface area (Å²) in [5.41, 5.74) is 0. The molecule has 0 aromatic carbocycles. The van der Waals surface area contributed by atoms with Crippen LogP contribution in [-0.2, 0) is 14.9 Å². The Morgan fingerprint density at radius 2 is 1.80 bits per heavy atom. The Morgan fingerprint density at radius 3 is 2.25 bits per heavy atom. The Kier molecular flexibility index (Phi) is 6.87. The maximum atomic E-state index is 12.2. The van der Waals surface area contributed by atoms with E-state index < -0.39 is 10.2 Å². The molecular formula is C13H29N3O3S. The fraction of sp³-hybridized carbons (Fsp3) is 1.00. The van der Waals surface area contributed by atoms with Gasteiger partial charge in [-0.25, -0.2) is 0 Å². The molecule has 2 atom stereocenters. The molecule has 0 amide bonds. The van der Waals surface area contributed by atoms with Gasteiger partial charge in [-0.05, 0) is 34.1 Å². The van der Waals surface area contributed by atoms with Gasteiger partial charge >= 0.3 is 0 Å². The van der Waals surface area contributed by atoms with Crippen molar-refractivity contribution in [2.75, 3.05) is 33.4 Å². The summed E-state index contributed by atoms with van der Waals surface area (Å²) in [7, 11) is -1.66. The van der Waals surface area contributed by atoms with E-state index in [1.165, 1.54) is 0 Å². The van der Waals surface area contributed by atoms with Crippen molar-refractivity contribution in [1.29, 1.82) is 0 Å². The zero-order valence-electron chi connectivity index (χ0n) is 13.3. The minimum Gasteiger partial charge on any atom is -0.385 e. The largest absolute Gasteiger partial charge is 0.385 e. The van der Waals surface area contributed by atoms with Gasteiger partial charge in [0.25, 0.3) is 10.2 Å². The molecule has 1 aliphatic rings. The second-order valence-electron chi connectivity index (χ2n) is 5.88. The molecule has 1 saturated heterocycles. The Labute approximate surface area is 123 Å². The van der Waals surface area contributed by atoms with Crippen LogP contribution in [0.1, 0.15) is 34.1 Å². The van der Waals surface area contributed by atoms with Gasteiger partial charge in [-0.3, -0.25) is 4.90 Å². The molecule has 7 heteroatoms. The summed E-state index contributed by atoms with van der Waals surface area (Å²) in [4.78, 5) is 2.36. The number of nitrogens with zero attached hydrogens (tertiary/aromatic N) is 2. The third-order valence-electron chi connectivity index (χ3n) is 3.56. The predicted molar refractivity (Wildman–Crippen MR) is 80.9 cm³/mol. The smallest absolute Gasteiger partial charge is 0.279 e. The lowest BCUT2D eigenvalue weighted by Gasteiger charge is -2.43. The number of methoxy groups -OCH3 is 1. The number of hydrogen-bond donors (Lipinski definition) is 1. The highest BCUT2D eigenvalue weighted by Crippen LogP contribution is 2.18. The van der Waals surface area contributed by atoms with Gasteiger partial charge in [0.1, 0.15) is 0 Å². The average molecular weight is 307 g/mol. The van der Waals surface area contributed by atoms with Crippen molar-refractivity contribution in [3.63, 3.8) is 0 Å². The van der Waals surface area contributed by atoms with Crippen molar-refractivity contribution in [3.05, 3.63) is 0 Å². The van der Waals surface area contributed by atoms with E-state index in [9.17, 15) is 8.42 Å². The van der Waals surface area contributed by atoms with Crippen LogP contribution in [0.25, 0.3) is 0 Å². The van der Waals surface area contributed by atoms with E-state index in [1.54, 1.807) is 11.4 Å². The Bertz CT molecular complexity index is 374. The van der Waals surface area contributed by atoms with Crippen LogP contribution in [-0.4, -0.2) is 69.1 Å². The SMILES string of the molecule is COCCCN1C(C)CN(S(=O)(=O)NC(C)C)CC1C. The molecule has 0 spiro atoms. The van der Waals surface area contributed by atoms with Gasteiger partial charge < -0.3 is 4.74 Å². The lowest BCUT2D eigenvalue weighted by Crippen LogP contribution is -2.60. The fourth-order valence-corrected chi connectivity index (χ4v) is 4.28. The van der Waals surface area contributed by atoms with Gasteiger partial charge in [0, 0.05) is 51.5 Å². The fourth-order valence-electron chi connectivity index (χ4n) is 2.71. The van der Waals surface area contributed by atoms with Crippen LogP contribution in [0.5, 0.6) is 0 Å². The zero-order valence-corrected chi connectivity index (χ0v) is 14.1. The molecular weight excluding hydrogens is 278 g/mol. The van der Waals surface area contributed by atoms with Crippen molar-refractivity contribution in [2.45, 2.75) is 52.2 Å². The van der Waals surface area contributed by atoms with Crippen LogP contribution in [0.2, 0.25) is 0 Å². The molecule has 0 aromatic heterocycles. The van der Waals surface area contributed by atoms with Crippen LogP contribution in [0.15, 0.2) is 0 Å². The molecule has 120 valence electrons. The van der Waals surface area contributed by atoms with E-state index in [0.29, 0.717) is 13.1 Å². The number of rotatable bonds is 7. The molecule has 0 aromatic rings. The van der Waals surface area contributed by atoms with E-state index in [-0.39, 0.29) is 18.1 Å². The Hall–Kier alpha value is -0.210. The van der Waals surface area contributed by atoms with Crippen LogP contribution >= 0.6 is 0 Å². The van der Waals surface area contributed by atoms with Crippen LogP contribution in [0.4, 0.5) is 0 Å². The number of hydrogen-bond acceptors (Lipinski definition) is 4. The first-order valence-electron chi connectivity index (χ1n) is 7.30. The molecule has 1 heterocycles. The van der Waals surface area contributed by atoms with E-state index in [4.69, 9.17) is 4.74 Å². The summed E-state index contributed by atoms with van der Waals surface area (Å²) < 4.78 is 33.8. The van der Waals surface area contributed by atoms with Crippen LogP contribution < -0.4 is 4.72 Å². The first kappa shape index (κ1) is 17.8. The molecule has 0 saturated carbocycles. The summed E-state index contributed by atoms with van der Waals surface area (Å²) in [6, 6.07) is 0.365. The second-order valence-corrected chi connectivity index (χ2v) is 7.58. The Morgan fingerprint density at radius 1 is 1.25 bits per heavy atom. The normalized spacial score (nSPS) is 26.3. The van der Waals surface area contributed by atoms with Crippen molar-refractivity contribution >= 4 is 10.2 Å². The van der Waals surface area contributed by atoms with Crippen molar-refractivity contribution in [2.24, 2.45) is 0 Å². The first-order valence-corrected chi connectivity index (χ1v) is 8.74. The molecule has 20 heavy (non-hydrogen) atoms. The number of ether oxygens (including phenoxy) is 1. The number of piperazine rings is 1. The van der Waals surface area contributed by atoms with Gasteiger partial charge in [-0.2, -0.15) is 17.4 Å². The Balaban J connectivity index is 2.63. The molecule has 0 bridgehead atoms. The van der Waals surface area contributed by atoms with E-state index >= 15 is 0 Å².